The van der Waals surface area contributed by atoms with Crippen LogP contribution in [0.5, 0.6) is 0 Å². The van der Waals surface area contributed by atoms with Crippen LogP contribution in [-0.4, -0.2) is 23.4 Å². The van der Waals surface area contributed by atoms with Gasteiger partial charge in [0.05, 0.1) is 0 Å². The van der Waals surface area contributed by atoms with Crippen molar-refractivity contribution in [3.8, 4) is 0 Å². The highest BCUT2D eigenvalue weighted by Gasteiger charge is 2.35. The number of carbonyl (C=O) groups excluding carboxylic acids is 1. The van der Waals surface area contributed by atoms with E-state index in [0.29, 0.717) is 11.0 Å². The minimum Gasteiger partial charge on any atom is -0.335 e. The average molecular weight is 332 g/mol. The van der Waals surface area contributed by atoms with E-state index in [1.54, 1.807) is 4.90 Å². The monoisotopic (exact) mass is 331 g/mol. The lowest BCUT2D eigenvalue weighted by atomic mass is 10.1. The summed E-state index contributed by atoms with van der Waals surface area (Å²) in [6.45, 7) is 4.49. The van der Waals surface area contributed by atoms with Crippen LogP contribution in [0.4, 0.5) is 8.78 Å². The Balaban J connectivity index is 2.31. The molecular weight excluding hydrogens is 316 g/mol. The maximum absolute atomic E-state index is 13.8. The van der Waals surface area contributed by atoms with E-state index in [0.717, 1.165) is 25.0 Å². The molecule has 0 bridgehead atoms. The Kier molecular flexibility index (Phi) is 4.23. The molecule has 1 fully saturated rings. The van der Waals surface area contributed by atoms with Gasteiger partial charge in [-0.1, -0.05) is 29.8 Å². The second-order valence-electron chi connectivity index (χ2n) is 5.33. The first-order chi connectivity index (χ1) is 8.90. The molecule has 0 saturated heterocycles. The summed E-state index contributed by atoms with van der Waals surface area (Å²) in [5.74, 6) is -1.90. The number of amides is 1. The lowest BCUT2D eigenvalue weighted by Gasteiger charge is -2.25. The molecule has 0 radical (unpaired) electrons. The van der Waals surface area contributed by atoms with E-state index >= 15 is 0 Å². The lowest BCUT2D eigenvalue weighted by Crippen LogP contribution is -2.37. The van der Waals surface area contributed by atoms with Gasteiger partial charge in [-0.2, -0.15) is 0 Å². The number of hydrogen-bond acceptors (Lipinski definition) is 1. The van der Waals surface area contributed by atoms with Crippen molar-refractivity contribution in [2.24, 2.45) is 5.92 Å². The summed E-state index contributed by atoms with van der Waals surface area (Å²) in [7, 11) is 0. The molecule has 2 rings (SSSR count). The molecule has 104 valence electrons. The molecule has 19 heavy (non-hydrogen) atoms. The van der Waals surface area contributed by atoms with Crippen molar-refractivity contribution in [2.45, 2.75) is 32.7 Å². The predicted molar refractivity (Wildman–Crippen MR) is 73.0 cm³/mol. The Bertz CT molecular complexity index is 477. The summed E-state index contributed by atoms with van der Waals surface area (Å²) >= 11 is 3.01. The van der Waals surface area contributed by atoms with Gasteiger partial charge in [-0.15, -0.1) is 0 Å². The summed E-state index contributed by atoms with van der Waals surface area (Å²) in [6.07, 6.45) is 1.83. The first-order valence-corrected chi connectivity index (χ1v) is 7.15. The van der Waals surface area contributed by atoms with Crippen molar-refractivity contribution in [1.82, 2.24) is 4.90 Å². The Morgan fingerprint density at radius 2 is 1.89 bits per heavy atom. The molecular formula is C14H16BrF2NO. The Morgan fingerprint density at radius 1 is 1.37 bits per heavy atom. The number of nitrogens with zero attached hydrogens (tertiary/aromatic N) is 1. The van der Waals surface area contributed by atoms with Gasteiger partial charge >= 0.3 is 0 Å². The molecule has 5 heteroatoms. The smallest absolute Gasteiger partial charge is 0.260 e. The van der Waals surface area contributed by atoms with E-state index in [4.69, 9.17) is 0 Å². The van der Waals surface area contributed by atoms with Gasteiger partial charge in [0.25, 0.3) is 5.91 Å². The first kappa shape index (κ1) is 14.4. The third kappa shape index (κ3) is 3.32. The van der Waals surface area contributed by atoms with E-state index in [9.17, 15) is 13.6 Å². The fourth-order valence-corrected chi connectivity index (χ4v) is 2.47. The minimum absolute atomic E-state index is 0.136. The highest BCUT2D eigenvalue weighted by atomic mass is 79.9. The number of hydrogen-bond donors (Lipinski definition) is 0. The molecule has 1 aromatic rings. The molecule has 0 spiro atoms. The van der Waals surface area contributed by atoms with Crippen LogP contribution in [0.15, 0.2) is 16.6 Å². The van der Waals surface area contributed by atoms with Crippen LogP contribution >= 0.6 is 15.9 Å². The first-order valence-electron chi connectivity index (χ1n) is 6.35. The molecule has 1 saturated carbocycles. The van der Waals surface area contributed by atoms with Crippen LogP contribution in [0.1, 0.15) is 37.0 Å². The van der Waals surface area contributed by atoms with Crippen molar-refractivity contribution in [3.63, 3.8) is 0 Å². The predicted octanol–water partition coefficient (Wildman–Crippen LogP) is 3.99. The summed E-state index contributed by atoms with van der Waals surface area (Å²) in [6, 6.07) is 2.38. The average Bonchev–Trinajstić information content (AvgIpc) is 3.07. The maximum Gasteiger partial charge on any atom is 0.260 e. The van der Waals surface area contributed by atoms with Gasteiger partial charge in [0, 0.05) is 17.1 Å². The third-order valence-corrected chi connectivity index (χ3v) is 3.49. The molecule has 1 aromatic carbocycles. The second-order valence-corrected chi connectivity index (χ2v) is 6.24. The van der Waals surface area contributed by atoms with Gasteiger partial charge in [-0.25, -0.2) is 8.78 Å². The van der Waals surface area contributed by atoms with Gasteiger partial charge in [-0.3, -0.25) is 4.79 Å². The quantitative estimate of drug-likeness (QED) is 0.816. The van der Waals surface area contributed by atoms with Crippen molar-refractivity contribution in [1.29, 1.82) is 0 Å². The van der Waals surface area contributed by atoms with Gasteiger partial charge in [0.1, 0.15) is 17.2 Å². The standard InChI is InChI=1S/C14H16BrF2NO/c1-8(2)7-18(10-3-4-10)14(19)13-11(16)5-9(15)6-12(13)17/h5-6,8,10H,3-4,7H2,1-2H3. The highest BCUT2D eigenvalue weighted by Crippen LogP contribution is 2.30. The van der Waals surface area contributed by atoms with E-state index in [2.05, 4.69) is 15.9 Å². The lowest BCUT2D eigenvalue weighted by molar-refractivity contribution is 0.0712. The molecule has 0 unspecified atom stereocenters. The molecule has 0 N–H and O–H groups in total. The summed E-state index contributed by atoms with van der Waals surface area (Å²) in [4.78, 5) is 13.9. The van der Waals surface area contributed by atoms with E-state index in [-0.39, 0.29) is 12.0 Å². The van der Waals surface area contributed by atoms with Crippen LogP contribution in [0.3, 0.4) is 0 Å². The number of halogens is 3. The van der Waals surface area contributed by atoms with Gasteiger partial charge < -0.3 is 4.90 Å². The topological polar surface area (TPSA) is 20.3 Å². The van der Waals surface area contributed by atoms with Crippen LogP contribution in [0, 0.1) is 17.6 Å². The maximum atomic E-state index is 13.8. The van der Waals surface area contributed by atoms with Crippen LogP contribution in [-0.2, 0) is 0 Å². The Hall–Kier alpha value is -0.970. The zero-order chi connectivity index (χ0) is 14.2. The van der Waals surface area contributed by atoms with Crippen LogP contribution < -0.4 is 0 Å². The van der Waals surface area contributed by atoms with Crippen molar-refractivity contribution < 1.29 is 13.6 Å². The third-order valence-electron chi connectivity index (χ3n) is 3.03. The molecule has 1 aliphatic carbocycles. The fraction of sp³-hybridized carbons (Fsp3) is 0.500. The van der Waals surface area contributed by atoms with Crippen molar-refractivity contribution in [2.75, 3.05) is 6.54 Å². The zero-order valence-corrected chi connectivity index (χ0v) is 12.5. The molecule has 2 nitrogen and oxygen atoms in total. The number of carbonyl (C=O) groups is 1. The van der Waals surface area contributed by atoms with Crippen LogP contribution in [0.2, 0.25) is 0 Å². The fourth-order valence-electron chi connectivity index (χ4n) is 2.07. The zero-order valence-electron chi connectivity index (χ0n) is 10.9. The molecule has 0 heterocycles. The van der Waals surface area contributed by atoms with Gasteiger partial charge in [0.2, 0.25) is 0 Å². The molecule has 1 aliphatic rings. The van der Waals surface area contributed by atoms with Crippen molar-refractivity contribution >= 4 is 21.8 Å². The summed E-state index contributed by atoms with van der Waals surface area (Å²) in [5.41, 5.74) is -0.448. The minimum atomic E-state index is -0.814. The van der Waals surface area contributed by atoms with Gasteiger partial charge in [0.15, 0.2) is 0 Å². The molecule has 0 aromatic heterocycles. The molecule has 0 atom stereocenters. The molecule has 1 amide bonds. The van der Waals surface area contributed by atoms with E-state index in [1.807, 2.05) is 13.8 Å². The van der Waals surface area contributed by atoms with Crippen molar-refractivity contribution in [3.05, 3.63) is 33.8 Å². The van der Waals surface area contributed by atoms with Crippen LogP contribution in [0.25, 0.3) is 0 Å². The number of rotatable bonds is 4. The largest absolute Gasteiger partial charge is 0.335 e. The SMILES string of the molecule is CC(C)CN(C(=O)c1c(F)cc(Br)cc1F)C1CC1. The summed E-state index contributed by atoms with van der Waals surface area (Å²) < 4.78 is 27.9. The normalized spacial score (nSPS) is 14.8. The summed E-state index contributed by atoms with van der Waals surface area (Å²) in [5, 5.41) is 0. The van der Waals surface area contributed by atoms with E-state index in [1.165, 1.54) is 0 Å². The second kappa shape index (κ2) is 5.57. The van der Waals surface area contributed by atoms with E-state index < -0.39 is 23.1 Å². The highest BCUT2D eigenvalue weighted by molar-refractivity contribution is 9.10. The molecule has 0 aliphatic heterocycles. The Morgan fingerprint density at radius 3 is 2.32 bits per heavy atom. The Labute approximate surface area is 119 Å². The number of benzene rings is 1. The van der Waals surface area contributed by atoms with Gasteiger partial charge in [-0.05, 0) is 30.9 Å².